The Balaban J connectivity index is 2.27. The Kier molecular flexibility index (Phi) is 6.20. The molecule has 0 bridgehead atoms. The average molecular weight is 364 g/mol. The van der Waals surface area contributed by atoms with E-state index in [1.54, 1.807) is 21.7 Å². The van der Waals surface area contributed by atoms with Gasteiger partial charge in [-0.15, -0.1) is 0 Å². The predicted octanol–water partition coefficient (Wildman–Crippen LogP) is 3.41. The second kappa shape index (κ2) is 8.16. The highest BCUT2D eigenvalue weighted by Crippen LogP contribution is 2.18. The van der Waals surface area contributed by atoms with Crippen LogP contribution in [0.25, 0.3) is 5.69 Å². The van der Waals surface area contributed by atoms with Gasteiger partial charge in [0.1, 0.15) is 0 Å². The number of aromatic nitrogens is 2. The molecule has 1 aromatic carbocycles. The standard InChI is InChI=1S/C18H22ClN3O3/c1-12(2)11-21(9-8-17(23)24)18(25)16-10-20-22(13(16)3)15-6-4-14(19)5-7-15/h4-7,10,12H,8-9,11H2,1-3H3,(H,23,24). The SMILES string of the molecule is Cc1c(C(=O)N(CCC(=O)O)CC(C)C)cnn1-c1ccc(Cl)cc1. The van der Waals surface area contributed by atoms with E-state index in [2.05, 4.69) is 5.10 Å². The van der Waals surface area contributed by atoms with Gasteiger partial charge in [0.05, 0.1) is 29.6 Å². The largest absolute Gasteiger partial charge is 0.481 e. The van der Waals surface area contributed by atoms with Gasteiger partial charge in [-0.3, -0.25) is 9.59 Å². The Morgan fingerprint density at radius 3 is 2.48 bits per heavy atom. The van der Waals surface area contributed by atoms with Crippen molar-refractivity contribution in [2.45, 2.75) is 27.2 Å². The first kappa shape index (κ1) is 19.0. The van der Waals surface area contributed by atoms with Crippen molar-refractivity contribution < 1.29 is 14.7 Å². The maximum absolute atomic E-state index is 12.9. The molecule has 2 aromatic rings. The second-order valence-electron chi connectivity index (χ2n) is 6.32. The molecule has 1 aromatic heterocycles. The van der Waals surface area contributed by atoms with Gasteiger partial charge >= 0.3 is 5.97 Å². The van der Waals surface area contributed by atoms with Gasteiger partial charge in [-0.05, 0) is 37.1 Å². The van der Waals surface area contributed by atoms with Gasteiger partial charge in [0.15, 0.2) is 0 Å². The van der Waals surface area contributed by atoms with Gasteiger partial charge in [-0.2, -0.15) is 5.10 Å². The third kappa shape index (κ3) is 4.82. The van der Waals surface area contributed by atoms with E-state index in [0.717, 1.165) is 5.69 Å². The molecule has 2 rings (SSSR count). The minimum atomic E-state index is -0.921. The highest BCUT2D eigenvalue weighted by Gasteiger charge is 2.22. The van der Waals surface area contributed by atoms with Crippen LogP contribution in [0.1, 0.15) is 36.3 Å². The van der Waals surface area contributed by atoms with Crippen LogP contribution in [0.2, 0.25) is 5.02 Å². The van der Waals surface area contributed by atoms with E-state index >= 15 is 0 Å². The van der Waals surface area contributed by atoms with Gasteiger partial charge in [-0.25, -0.2) is 4.68 Å². The summed E-state index contributed by atoms with van der Waals surface area (Å²) in [5, 5.41) is 13.8. The minimum Gasteiger partial charge on any atom is -0.481 e. The van der Waals surface area contributed by atoms with E-state index in [9.17, 15) is 9.59 Å². The van der Waals surface area contributed by atoms with E-state index < -0.39 is 5.97 Å². The number of benzene rings is 1. The first-order valence-corrected chi connectivity index (χ1v) is 8.49. The quantitative estimate of drug-likeness (QED) is 0.817. The number of halogens is 1. The highest BCUT2D eigenvalue weighted by molar-refractivity contribution is 6.30. The number of carbonyl (C=O) groups is 2. The molecular formula is C18H22ClN3O3. The lowest BCUT2D eigenvalue weighted by Crippen LogP contribution is -2.36. The molecule has 25 heavy (non-hydrogen) atoms. The molecule has 0 aliphatic carbocycles. The van der Waals surface area contributed by atoms with Gasteiger partial charge in [0.2, 0.25) is 0 Å². The van der Waals surface area contributed by atoms with Crippen molar-refractivity contribution in [2.24, 2.45) is 5.92 Å². The van der Waals surface area contributed by atoms with Gasteiger partial charge < -0.3 is 10.0 Å². The molecule has 1 heterocycles. The number of aliphatic carboxylic acids is 1. The van der Waals surface area contributed by atoms with E-state index in [1.165, 1.54) is 6.20 Å². The summed E-state index contributed by atoms with van der Waals surface area (Å²) in [5.41, 5.74) is 1.99. The van der Waals surface area contributed by atoms with Crippen LogP contribution in [0.5, 0.6) is 0 Å². The summed E-state index contributed by atoms with van der Waals surface area (Å²) >= 11 is 5.91. The molecule has 0 fully saturated rings. The lowest BCUT2D eigenvalue weighted by molar-refractivity contribution is -0.137. The summed E-state index contributed by atoms with van der Waals surface area (Å²) in [6, 6.07) is 7.18. The van der Waals surface area contributed by atoms with Crippen LogP contribution in [0, 0.1) is 12.8 Å². The van der Waals surface area contributed by atoms with Gasteiger partial charge in [0, 0.05) is 18.1 Å². The fourth-order valence-electron chi connectivity index (χ4n) is 2.58. The molecular weight excluding hydrogens is 342 g/mol. The smallest absolute Gasteiger partial charge is 0.305 e. The fraction of sp³-hybridized carbons (Fsp3) is 0.389. The van der Waals surface area contributed by atoms with Crippen LogP contribution in [0.15, 0.2) is 30.5 Å². The molecule has 0 atom stereocenters. The third-order valence-corrected chi connectivity index (χ3v) is 4.03. The summed E-state index contributed by atoms with van der Waals surface area (Å²) in [5.74, 6) is -0.882. The van der Waals surface area contributed by atoms with Gasteiger partial charge in [0.25, 0.3) is 5.91 Å². The molecule has 0 aliphatic heterocycles. The summed E-state index contributed by atoms with van der Waals surface area (Å²) in [6.07, 6.45) is 1.45. The van der Waals surface area contributed by atoms with Crippen molar-refractivity contribution >= 4 is 23.5 Å². The predicted molar refractivity (Wildman–Crippen MR) is 96.3 cm³/mol. The number of hydrogen-bond donors (Lipinski definition) is 1. The maximum atomic E-state index is 12.9. The van der Waals surface area contributed by atoms with Crippen molar-refractivity contribution in [1.29, 1.82) is 0 Å². The molecule has 0 spiro atoms. The first-order valence-electron chi connectivity index (χ1n) is 8.11. The number of carboxylic acids is 1. The van der Waals surface area contributed by atoms with E-state index in [1.807, 2.05) is 32.9 Å². The highest BCUT2D eigenvalue weighted by atomic mass is 35.5. The van der Waals surface area contributed by atoms with Crippen molar-refractivity contribution in [3.05, 3.63) is 46.7 Å². The van der Waals surface area contributed by atoms with Crippen LogP contribution in [-0.4, -0.2) is 44.8 Å². The van der Waals surface area contributed by atoms with E-state index in [-0.39, 0.29) is 24.8 Å². The zero-order valence-electron chi connectivity index (χ0n) is 14.6. The molecule has 1 N–H and O–H groups in total. The van der Waals surface area contributed by atoms with E-state index in [4.69, 9.17) is 16.7 Å². The van der Waals surface area contributed by atoms with E-state index in [0.29, 0.717) is 22.8 Å². The van der Waals surface area contributed by atoms with Crippen molar-refractivity contribution in [3.8, 4) is 5.69 Å². The Morgan fingerprint density at radius 2 is 1.92 bits per heavy atom. The summed E-state index contributed by atoms with van der Waals surface area (Å²) in [6.45, 7) is 6.48. The van der Waals surface area contributed by atoms with Crippen molar-refractivity contribution in [1.82, 2.24) is 14.7 Å². The number of nitrogens with zero attached hydrogens (tertiary/aromatic N) is 3. The van der Waals surface area contributed by atoms with Crippen LogP contribution in [-0.2, 0) is 4.79 Å². The van der Waals surface area contributed by atoms with Crippen LogP contribution in [0.4, 0.5) is 0 Å². The fourth-order valence-corrected chi connectivity index (χ4v) is 2.71. The third-order valence-electron chi connectivity index (χ3n) is 3.78. The number of carboxylic acid groups (broad SMARTS) is 1. The molecule has 0 saturated carbocycles. The molecule has 7 heteroatoms. The first-order chi connectivity index (χ1) is 11.8. The topological polar surface area (TPSA) is 75.4 Å². The maximum Gasteiger partial charge on any atom is 0.305 e. The van der Waals surface area contributed by atoms with Crippen molar-refractivity contribution in [3.63, 3.8) is 0 Å². The monoisotopic (exact) mass is 363 g/mol. The average Bonchev–Trinajstić information content (AvgIpc) is 2.92. The summed E-state index contributed by atoms with van der Waals surface area (Å²) in [4.78, 5) is 25.3. The molecule has 0 unspecified atom stereocenters. The Labute approximate surface area is 152 Å². The number of hydrogen-bond acceptors (Lipinski definition) is 3. The molecule has 0 saturated heterocycles. The Morgan fingerprint density at radius 1 is 1.28 bits per heavy atom. The van der Waals surface area contributed by atoms with Crippen LogP contribution < -0.4 is 0 Å². The Hall–Kier alpha value is -2.34. The molecule has 0 aliphatic rings. The lowest BCUT2D eigenvalue weighted by atomic mass is 10.1. The number of amides is 1. The summed E-state index contributed by atoms with van der Waals surface area (Å²) in [7, 11) is 0. The van der Waals surface area contributed by atoms with Crippen LogP contribution >= 0.6 is 11.6 Å². The second-order valence-corrected chi connectivity index (χ2v) is 6.76. The minimum absolute atomic E-state index is 0.0805. The number of carbonyl (C=O) groups excluding carboxylic acids is 1. The van der Waals surface area contributed by atoms with Crippen molar-refractivity contribution in [2.75, 3.05) is 13.1 Å². The zero-order valence-corrected chi connectivity index (χ0v) is 15.3. The lowest BCUT2D eigenvalue weighted by Gasteiger charge is -2.23. The van der Waals surface area contributed by atoms with Gasteiger partial charge in [-0.1, -0.05) is 25.4 Å². The molecule has 0 radical (unpaired) electrons. The summed E-state index contributed by atoms with van der Waals surface area (Å²) < 4.78 is 1.67. The van der Waals surface area contributed by atoms with Crippen LogP contribution in [0.3, 0.4) is 0 Å². The number of rotatable bonds is 7. The molecule has 6 nitrogen and oxygen atoms in total. The molecule has 134 valence electrons. The molecule has 1 amide bonds. The normalized spacial score (nSPS) is 10.9. The zero-order chi connectivity index (χ0) is 18.6. The Bertz CT molecular complexity index is 753.